The third-order valence-corrected chi connectivity index (χ3v) is 3.94. The summed E-state index contributed by atoms with van der Waals surface area (Å²) in [5.41, 5.74) is 0.913. The molecule has 1 aliphatic heterocycles. The van der Waals surface area contributed by atoms with Gasteiger partial charge in [0.1, 0.15) is 5.82 Å². The van der Waals surface area contributed by atoms with Gasteiger partial charge >= 0.3 is 0 Å². The van der Waals surface area contributed by atoms with E-state index in [1.165, 1.54) is 12.1 Å². The van der Waals surface area contributed by atoms with E-state index in [-0.39, 0.29) is 19.0 Å². The van der Waals surface area contributed by atoms with E-state index in [9.17, 15) is 24.8 Å². The number of aliphatic hydroxyl groups is 4. The topological polar surface area (TPSA) is 84.2 Å². The lowest BCUT2D eigenvalue weighted by molar-refractivity contribution is 0.0130. The van der Waals surface area contributed by atoms with Crippen molar-refractivity contribution in [1.29, 1.82) is 0 Å². The molecule has 0 unspecified atom stereocenters. The molecule has 5 nitrogen and oxygen atoms in total. The van der Waals surface area contributed by atoms with Crippen LogP contribution in [0.2, 0.25) is 0 Å². The van der Waals surface area contributed by atoms with Crippen molar-refractivity contribution in [2.24, 2.45) is 0 Å². The maximum absolute atomic E-state index is 12.8. The van der Waals surface area contributed by atoms with Crippen molar-refractivity contribution < 1.29 is 24.8 Å². The molecule has 0 bridgehead atoms. The molecule has 1 aromatic carbocycles. The molecule has 1 fully saturated rings. The monoisotopic (exact) mass is 285 g/mol. The average Bonchev–Trinajstić information content (AvgIpc) is 2.69. The maximum atomic E-state index is 12.8. The van der Waals surface area contributed by atoms with Crippen molar-refractivity contribution in [3.05, 3.63) is 35.6 Å². The SMILES string of the molecule is OC[C@@H]1[C@@H](O)[C@H](O)[C@@H](CO)N1CCc1ccc(F)cc1. The molecule has 1 heterocycles. The Hall–Kier alpha value is -1.05. The quantitative estimate of drug-likeness (QED) is 0.565. The van der Waals surface area contributed by atoms with Crippen LogP contribution in [0.15, 0.2) is 24.3 Å². The first-order valence-corrected chi connectivity index (χ1v) is 6.66. The number of rotatable bonds is 5. The van der Waals surface area contributed by atoms with Crippen molar-refractivity contribution in [2.45, 2.75) is 30.7 Å². The molecule has 0 saturated carbocycles. The van der Waals surface area contributed by atoms with Gasteiger partial charge in [-0.05, 0) is 24.1 Å². The minimum absolute atomic E-state index is 0.294. The first-order valence-electron chi connectivity index (χ1n) is 6.66. The Morgan fingerprint density at radius 3 is 1.90 bits per heavy atom. The van der Waals surface area contributed by atoms with Gasteiger partial charge in [0, 0.05) is 6.54 Å². The fourth-order valence-electron chi connectivity index (χ4n) is 2.76. The predicted octanol–water partition coefficient (Wildman–Crippen LogP) is -0.873. The van der Waals surface area contributed by atoms with Gasteiger partial charge in [-0.15, -0.1) is 0 Å². The summed E-state index contributed by atoms with van der Waals surface area (Å²) in [6.07, 6.45) is -1.58. The van der Waals surface area contributed by atoms with Gasteiger partial charge in [0.05, 0.1) is 37.5 Å². The fourth-order valence-corrected chi connectivity index (χ4v) is 2.76. The molecule has 1 saturated heterocycles. The molecule has 0 spiro atoms. The van der Waals surface area contributed by atoms with E-state index < -0.39 is 24.3 Å². The van der Waals surface area contributed by atoms with E-state index in [0.717, 1.165) is 5.56 Å². The standard InChI is InChI=1S/C14H20FNO4/c15-10-3-1-9(2-4-10)5-6-16-11(7-17)13(19)14(20)12(16)8-18/h1-4,11-14,17-20H,5-8H2/t11-,12-,13-,14-/m1/s1. The summed E-state index contributed by atoms with van der Waals surface area (Å²) in [6, 6.07) is 4.89. The lowest BCUT2D eigenvalue weighted by Crippen LogP contribution is -2.44. The lowest BCUT2D eigenvalue weighted by atomic mass is 10.1. The van der Waals surface area contributed by atoms with Gasteiger partial charge in [0.2, 0.25) is 0 Å². The van der Waals surface area contributed by atoms with Crippen molar-refractivity contribution in [3.63, 3.8) is 0 Å². The molecule has 0 aliphatic carbocycles. The first kappa shape index (κ1) is 15.3. The summed E-state index contributed by atoms with van der Waals surface area (Å²) >= 11 is 0. The molecule has 6 heteroatoms. The summed E-state index contributed by atoms with van der Waals surface area (Å²) in [5, 5.41) is 38.4. The number of likely N-dealkylation sites (tertiary alicyclic amines) is 1. The molecule has 1 aliphatic rings. The van der Waals surface area contributed by atoms with Crippen LogP contribution in [0, 0.1) is 5.82 Å². The third kappa shape index (κ3) is 2.99. The normalized spacial score (nSPS) is 30.9. The third-order valence-electron chi connectivity index (χ3n) is 3.94. The molecule has 2 rings (SSSR count). The summed E-state index contributed by atoms with van der Waals surface area (Å²) < 4.78 is 12.8. The molecular formula is C14H20FNO4. The second-order valence-electron chi connectivity index (χ2n) is 5.10. The Balaban J connectivity index is 2.03. The number of aliphatic hydroxyl groups excluding tert-OH is 4. The van der Waals surface area contributed by atoms with Crippen molar-refractivity contribution >= 4 is 0 Å². The van der Waals surface area contributed by atoms with Gasteiger partial charge in [-0.25, -0.2) is 4.39 Å². The van der Waals surface area contributed by atoms with Crippen LogP contribution in [-0.4, -0.2) is 69.4 Å². The van der Waals surface area contributed by atoms with E-state index in [1.54, 1.807) is 17.0 Å². The Morgan fingerprint density at radius 2 is 1.45 bits per heavy atom. The van der Waals surface area contributed by atoms with Gasteiger partial charge in [0.25, 0.3) is 0 Å². The number of hydrogen-bond donors (Lipinski definition) is 4. The summed E-state index contributed by atoms with van der Waals surface area (Å²) in [6.45, 7) is -0.132. The van der Waals surface area contributed by atoms with Crippen LogP contribution < -0.4 is 0 Å². The fraction of sp³-hybridized carbons (Fsp3) is 0.571. The average molecular weight is 285 g/mol. The number of benzene rings is 1. The van der Waals surface area contributed by atoms with Gasteiger partial charge in [-0.2, -0.15) is 0 Å². The highest BCUT2D eigenvalue weighted by atomic mass is 19.1. The maximum Gasteiger partial charge on any atom is 0.123 e. The summed E-state index contributed by atoms with van der Waals surface area (Å²) in [4.78, 5) is 1.71. The van der Waals surface area contributed by atoms with E-state index in [0.29, 0.717) is 13.0 Å². The molecule has 1 aromatic rings. The highest BCUT2D eigenvalue weighted by Gasteiger charge is 2.46. The number of nitrogens with zero attached hydrogens (tertiary/aromatic N) is 1. The van der Waals surface area contributed by atoms with E-state index in [1.807, 2.05) is 0 Å². The van der Waals surface area contributed by atoms with Crippen molar-refractivity contribution in [3.8, 4) is 0 Å². The second kappa shape index (κ2) is 6.60. The molecule has 4 N–H and O–H groups in total. The van der Waals surface area contributed by atoms with E-state index in [2.05, 4.69) is 0 Å². The predicted molar refractivity (Wildman–Crippen MR) is 70.6 cm³/mol. The van der Waals surface area contributed by atoms with Crippen LogP contribution in [0.3, 0.4) is 0 Å². The van der Waals surface area contributed by atoms with Gasteiger partial charge < -0.3 is 20.4 Å². The van der Waals surface area contributed by atoms with Crippen LogP contribution in [0.25, 0.3) is 0 Å². The summed E-state index contributed by atoms with van der Waals surface area (Å²) in [7, 11) is 0. The smallest absolute Gasteiger partial charge is 0.123 e. The van der Waals surface area contributed by atoms with Crippen LogP contribution in [0.4, 0.5) is 4.39 Å². The number of halogens is 1. The Kier molecular flexibility index (Phi) is 5.06. The van der Waals surface area contributed by atoms with Gasteiger partial charge in [-0.3, -0.25) is 4.90 Å². The Morgan fingerprint density at radius 1 is 0.950 bits per heavy atom. The van der Waals surface area contributed by atoms with Gasteiger partial charge in [-0.1, -0.05) is 12.1 Å². The van der Waals surface area contributed by atoms with Gasteiger partial charge in [0.15, 0.2) is 0 Å². The zero-order valence-electron chi connectivity index (χ0n) is 11.1. The molecule has 0 aromatic heterocycles. The number of hydrogen-bond acceptors (Lipinski definition) is 5. The Bertz CT molecular complexity index is 412. The lowest BCUT2D eigenvalue weighted by Gasteiger charge is -2.28. The minimum Gasteiger partial charge on any atom is -0.395 e. The minimum atomic E-state index is -1.08. The van der Waals surface area contributed by atoms with Crippen LogP contribution in [0.5, 0.6) is 0 Å². The molecule has 4 atom stereocenters. The van der Waals surface area contributed by atoms with Crippen molar-refractivity contribution in [1.82, 2.24) is 4.90 Å². The molecule has 112 valence electrons. The second-order valence-corrected chi connectivity index (χ2v) is 5.10. The Labute approximate surface area is 116 Å². The zero-order chi connectivity index (χ0) is 14.7. The molecule has 0 amide bonds. The van der Waals surface area contributed by atoms with Crippen LogP contribution in [0.1, 0.15) is 5.56 Å². The van der Waals surface area contributed by atoms with Crippen molar-refractivity contribution in [2.75, 3.05) is 19.8 Å². The molecular weight excluding hydrogens is 265 g/mol. The highest BCUT2D eigenvalue weighted by molar-refractivity contribution is 5.16. The zero-order valence-corrected chi connectivity index (χ0v) is 11.1. The van der Waals surface area contributed by atoms with E-state index >= 15 is 0 Å². The summed E-state index contributed by atoms with van der Waals surface area (Å²) in [5.74, 6) is -0.303. The first-order chi connectivity index (χ1) is 9.58. The highest BCUT2D eigenvalue weighted by Crippen LogP contribution is 2.25. The molecule has 20 heavy (non-hydrogen) atoms. The van der Waals surface area contributed by atoms with Crippen LogP contribution in [-0.2, 0) is 6.42 Å². The largest absolute Gasteiger partial charge is 0.395 e. The molecule has 0 radical (unpaired) electrons. The van der Waals surface area contributed by atoms with Crippen LogP contribution >= 0.6 is 0 Å². The van der Waals surface area contributed by atoms with E-state index in [4.69, 9.17) is 0 Å².